The van der Waals surface area contributed by atoms with Crippen LogP contribution in [-0.4, -0.2) is 41.2 Å². The van der Waals surface area contributed by atoms with Crippen LogP contribution in [0.5, 0.6) is 0 Å². The van der Waals surface area contributed by atoms with Crippen molar-refractivity contribution in [1.29, 1.82) is 0 Å². The largest absolute Gasteiger partial charge is 0.481 e. The topological polar surface area (TPSA) is 93.8 Å². The average molecular weight is 271 g/mol. The van der Waals surface area contributed by atoms with Gasteiger partial charge in [0.15, 0.2) is 11.0 Å². The van der Waals surface area contributed by atoms with Gasteiger partial charge in [-0.15, -0.1) is 15.3 Å². The molecule has 90 valence electrons. The Labute approximate surface area is 105 Å². The van der Waals surface area contributed by atoms with Gasteiger partial charge in [-0.25, -0.2) is 0 Å². The monoisotopic (exact) mass is 271 g/mol. The number of aromatic nitrogens is 5. The van der Waals surface area contributed by atoms with Crippen LogP contribution in [0.1, 0.15) is 5.69 Å². The highest BCUT2D eigenvalue weighted by Crippen LogP contribution is 2.26. The van der Waals surface area contributed by atoms with E-state index < -0.39 is 5.97 Å². The van der Waals surface area contributed by atoms with Gasteiger partial charge in [0, 0.05) is 7.05 Å². The van der Waals surface area contributed by atoms with Crippen molar-refractivity contribution in [3.8, 4) is 10.7 Å². The molecule has 0 saturated heterocycles. The van der Waals surface area contributed by atoms with Crippen LogP contribution in [0.2, 0.25) is 0 Å². The molecule has 0 radical (unpaired) electrons. The first-order valence-electron chi connectivity index (χ1n) is 4.63. The molecule has 0 amide bonds. The van der Waals surface area contributed by atoms with Gasteiger partial charge in [-0.3, -0.25) is 4.79 Å². The van der Waals surface area contributed by atoms with Crippen molar-refractivity contribution in [1.82, 2.24) is 24.4 Å². The summed E-state index contributed by atoms with van der Waals surface area (Å²) in [7, 11) is 1.79. The molecule has 0 saturated carbocycles. The van der Waals surface area contributed by atoms with E-state index in [4.69, 9.17) is 5.11 Å². The second kappa shape index (κ2) is 4.80. The molecule has 0 unspecified atom stereocenters. The highest BCUT2D eigenvalue weighted by molar-refractivity contribution is 7.99. The quantitative estimate of drug-likeness (QED) is 0.822. The first kappa shape index (κ1) is 12.0. The molecule has 17 heavy (non-hydrogen) atoms. The molecule has 0 atom stereocenters. The molecule has 0 fully saturated rings. The second-order valence-corrected chi connectivity index (χ2v) is 4.93. The maximum Gasteiger partial charge on any atom is 0.313 e. The number of thioether (sulfide) groups is 1. The highest BCUT2D eigenvalue weighted by atomic mass is 32.2. The van der Waals surface area contributed by atoms with E-state index in [1.54, 1.807) is 11.6 Å². The molecular weight excluding hydrogens is 262 g/mol. The molecule has 0 spiro atoms. The van der Waals surface area contributed by atoms with Crippen molar-refractivity contribution in [3.63, 3.8) is 0 Å². The SMILES string of the molecule is Cc1nnsc1-c1nnc(SCC(=O)O)n1C. The third kappa shape index (κ3) is 2.44. The predicted octanol–water partition coefficient (Wildman–Crippen LogP) is 0.819. The van der Waals surface area contributed by atoms with Crippen LogP contribution >= 0.6 is 23.3 Å². The molecule has 2 heterocycles. The summed E-state index contributed by atoms with van der Waals surface area (Å²) in [5, 5.41) is 21.0. The molecule has 0 bridgehead atoms. The Morgan fingerprint density at radius 2 is 2.24 bits per heavy atom. The number of nitrogens with zero attached hydrogens (tertiary/aromatic N) is 5. The number of carboxylic acids is 1. The molecule has 7 nitrogen and oxygen atoms in total. The summed E-state index contributed by atoms with van der Waals surface area (Å²) in [4.78, 5) is 11.3. The third-order valence-corrected chi connectivity index (χ3v) is 3.84. The van der Waals surface area contributed by atoms with Crippen molar-refractivity contribution in [2.75, 3.05) is 5.75 Å². The molecule has 0 aliphatic carbocycles. The summed E-state index contributed by atoms with van der Waals surface area (Å²) in [5.74, 6) is -0.258. The zero-order valence-corrected chi connectivity index (χ0v) is 10.7. The van der Waals surface area contributed by atoms with Gasteiger partial charge < -0.3 is 9.67 Å². The molecule has 0 aliphatic heterocycles. The van der Waals surface area contributed by atoms with Crippen LogP contribution in [0.4, 0.5) is 0 Å². The van der Waals surface area contributed by atoms with E-state index in [1.807, 2.05) is 6.92 Å². The van der Waals surface area contributed by atoms with Gasteiger partial charge >= 0.3 is 5.97 Å². The number of rotatable bonds is 4. The normalized spacial score (nSPS) is 10.7. The lowest BCUT2D eigenvalue weighted by Crippen LogP contribution is -2.00. The fourth-order valence-electron chi connectivity index (χ4n) is 1.20. The Balaban J connectivity index is 2.27. The van der Waals surface area contributed by atoms with E-state index in [9.17, 15) is 4.79 Å². The number of aryl methyl sites for hydroxylation is 1. The van der Waals surface area contributed by atoms with Gasteiger partial charge in [0.05, 0.1) is 11.4 Å². The summed E-state index contributed by atoms with van der Waals surface area (Å²) in [6, 6.07) is 0. The van der Waals surface area contributed by atoms with Crippen LogP contribution in [0.15, 0.2) is 5.16 Å². The van der Waals surface area contributed by atoms with E-state index in [2.05, 4.69) is 19.8 Å². The van der Waals surface area contributed by atoms with Crippen molar-refractivity contribution in [3.05, 3.63) is 5.69 Å². The number of hydrogen-bond acceptors (Lipinski definition) is 7. The zero-order chi connectivity index (χ0) is 12.4. The van der Waals surface area contributed by atoms with Crippen LogP contribution < -0.4 is 0 Å². The number of hydrogen-bond donors (Lipinski definition) is 1. The summed E-state index contributed by atoms with van der Waals surface area (Å²) in [6.07, 6.45) is 0. The average Bonchev–Trinajstić information content (AvgIpc) is 2.82. The molecule has 2 aromatic heterocycles. The smallest absolute Gasteiger partial charge is 0.313 e. The lowest BCUT2D eigenvalue weighted by atomic mass is 10.4. The van der Waals surface area contributed by atoms with Crippen LogP contribution in [0.25, 0.3) is 10.7 Å². The molecule has 0 aromatic carbocycles. The fraction of sp³-hybridized carbons (Fsp3) is 0.375. The summed E-state index contributed by atoms with van der Waals surface area (Å²) >= 11 is 2.38. The summed E-state index contributed by atoms with van der Waals surface area (Å²) in [5.41, 5.74) is 0.792. The molecule has 2 rings (SSSR count). The van der Waals surface area contributed by atoms with Crippen molar-refractivity contribution < 1.29 is 9.90 Å². The van der Waals surface area contributed by atoms with Crippen molar-refractivity contribution in [2.24, 2.45) is 7.05 Å². The third-order valence-electron chi connectivity index (χ3n) is 2.01. The Kier molecular flexibility index (Phi) is 3.38. The van der Waals surface area contributed by atoms with Gasteiger partial charge in [-0.1, -0.05) is 16.3 Å². The summed E-state index contributed by atoms with van der Waals surface area (Å²) < 4.78 is 5.58. The minimum atomic E-state index is -0.879. The molecule has 0 aliphatic rings. The molecule has 9 heteroatoms. The second-order valence-electron chi connectivity index (χ2n) is 3.24. The van der Waals surface area contributed by atoms with Gasteiger partial charge in [0.1, 0.15) is 4.88 Å². The van der Waals surface area contributed by atoms with Gasteiger partial charge in [0.2, 0.25) is 0 Å². The molecule has 2 aromatic rings. The Morgan fingerprint density at radius 3 is 2.82 bits per heavy atom. The minimum absolute atomic E-state index is 0.0358. The molecule has 1 N–H and O–H groups in total. The Bertz CT molecular complexity index is 550. The first-order chi connectivity index (χ1) is 8.09. The lowest BCUT2D eigenvalue weighted by molar-refractivity contribution is -0.133. The molecular formula is C8H9N5O2S2. The number of carboxylic acid groups (broad SMARTS) is 1. The minimum Gasteiger partial charge on any atom is -0.481 e. The van der Waals surface area contributed by atoms with E-state index >= 15 is 0 Å². The standard InChI is InChI=1S/C8H9N5O2S2/c1-4-6(17-12-9-4)7-10-11-8(13(7)2)16-3-5(14)15/h3H2,1-2H3,(H,14,15). The van der Waals surface area contributed by atoms with Crippen molar-refractivity contribution in [2.45, 2.75) is 12.1 Å². The van der Waals surface area contributed by atoms with Crippen molar-refractivity contribution >= 4 is 29.3 Å². The van der Waals surface area contributed by atoms with Crippen LogP contribution in [0, 0.1) is 6.92 Å². The van der Waals surface area contributed by atoms with E-state index in [0.29, 0.717) is 11.0 Å². The lowest BCUT2D eigenvalue weighted by Gasteiger charge is -2.00. The van der Waals surface area contributed by atoms with E-state index in [1.165, 1.54) is 11.5 Å². The van der Waals surface area contributed by atoms with E-state index in [-0.39, 0.29) is 5.75 Å². The predicted molar refractivity (Wildman–Crippen MR) is 63.0 cm³/mol. The van der Waals surface area contributed by atoms with Crippen LogP contribution in [0.3, 0.4) is 0 Å². The maximum absolute atomic E-state index is 10.5. The van der Waals surface area contributed by atoms with Crippen LogP contribution in [-0.2, 0) is 11.8 Å². The maximum atomic E-state index is 10.5. The number of aliphatic carboxylic acids is 1. The van der Waals surface area contributed by atoms with E-state index in [0.717, 1.165) is 22.3 Å². The Morgan fingerprint density at radius 1 is 1.47 bits per heavy atom. The van der Waals surface area contributed by atoms with Gasteiger partial charge in [-0.2, -0.15) is 0 Å². The highest BCUT2D eigenvalue weighted by Gasteiger charge is 2.16. The Hall–Kier alpha value is -1.48. The summed E-state index contributed by atoms with van der Waals surface area (Å²) in [6.45, 7) is 1.84. The van der Waals surface area contributed by atoms with Gasteiger partial charge in [0.25, 0.3) is 0 Å². The number of carbonyl (C=O) groups is 1. The first-order valence-corrected chi connectivity index (χ1v) is 6.39. The fourth-order valence-corrected chi connectivity index (χ4v) is 2.51. The zero-order valence-electron chi connectivity index (χ0n) is 9.12. The van der Waals surface area contributed by atoms with Gasteiger partial charge in [-0.05, 0) is 18.5 Å².